The van der Waals surface area contributed by atoms with Crippen LogP contribution in [0.15, 0.2) is 54.6 Å². The SMILES string of the molecule is Cc1cccc([C@@H](C)NC(C)c2cc3ccccc3s2)c1. The fourth-order valence-corrected chi connectivity index (χ4v) is 3.78. The zero-order valence-electron chi connectivity index (χ0n) is 12.8. The van der Waals surface area contributed by atoms with Crippen molar-refractivity contribution in [3.8, 4) is 0 Å². The van der Waals surface area contributed by atoms with E-state index in [9.17, 15) is 0 Å². The van der Waals surface area contributed by atoms with Crippen molar-refractivity contribution in [2.45, 2.75) is 32.9 Å². The summed E-state index contributed by atoms with van der Waals surface area (Å²) in [4.78, 5) is 1.40. The molecule has 0 aliphatic rings. The molecule has 108 valence electrons. The normalized spacial score (nSPS) is 14.2. The molecular weight excluding hydrogens is 274 g/mol. The van der Waals surface area contributed by atoms with Gasteiger partial charge >= 0.3 is 0 Å². The van der Waals surface area contributed by atoms with Crippen LogP contribution < -0.4 is 5.32 Å². The second-order valence-corrected chi connectivity index (χ2v) is 6.83. The van der Waals surface area contributed by atoms with E-state index in [0.29, 0.717) is 12.1 Å². The molecule has 1 heterocycles. The van der Waals surface area contributed by atoms with Crippen molar-refractivity contribution in [3.05, 3.63) is 70.6 Å². The van der Waals surface area contributed by atoms with E-state index in [0.717, 1.165) is 0 Å². The van der Waals surface area contributed by atoms with Crippen molar-refractivity contribution in [3.63, 3.8) is 0 Å². The van der Waals surface area contributed by atoms with Crippen molar-refractivity contribution in [2.24, 2.45) is 0 Å². The van der Waals surface area contributed by atoms with Crippen LogP contribution in [0.3, 0.4) is 0 Å². The molecule has 0 spiro atoms. The highest BCUT2D eigenvalue weighted by Gasteiger charge is 2.13. The van der Waals surface area contributed by atoms with Gasteiger partial charge in [0.1, 0.15) is 0 Å². The first-order valence-corrected chi connectivity index (χ1v) is 8.26. The Balaban J connectivity index is 1.77. The maximum Gasteiger partial charge on any atom is 0.0391 e. The average molecular weight is 295 g/mol. The third-order valence-electron chi connectivity index (χ3n) is 3.91. The van der Waals surface area contributed by atoms with Crippen molar-refractivity contribution in [1.29, 1.82) is 0 Å². The first kappa shape index (κ1) is 14.3. The molecule has 2 atom stereocenters. The maximum atomic E-state index is 3.71. The zero-order valence-corrected chi connectivity index (χ0v) is 13.6. The van der Waals surface area contributed by atoms with Crippen LogP contribution in [-0.4, -0.2) is 0 Å². The van der Waals surface area contributed by atoms with Crippen molar-refractivity contribution in [2.75, 3.05) is 0 Å². The van der Waals surface area contributed by atoms with Gasteiger partial charge in [0.2, 0.25) is 0 Å². The molecular formula is C19H21NS. The molecule has 2 heteroatoms. The molecule has 21 heavy (non-hydrogen) atoms. The number of hydrogen-bond acceptors (Lipinski definition) is 2. The topological polar surface area (TPSA) is 12.0 Å². The van der Waals surface area contributed by atoms with E-state index < -0.39 is 0 Å². The Morgan fingerprint density at radius 3 is 2.48 bits per heavy atom. The van der Waals surface area contributed by atoms with Gasteiger partial charge in [0.25, 0.3) is 0 Å². The standard InChI is InChI=1S/C19H21NS/c1-13-7-6-9-16(11-13)14(2)20-15(3)19-12-17-8-4-5-10-18(17)21-19/h4-12,14-15,20H,1-3H3/t14-,15?/m1/s1. The monoisotopic (exact) mass is 295 g/mol. The number of thiophene rings is 1. The van der Waals surface area contributed by atoms with Gasteiger partial charge in [0, 0.05) is 21.7 Å². The number of fused-ring (bicyclic) bond motifs is 1. The van der Waals surface area contributed by atoms with Gasteiger partial charge in [-0.3, -0.25) is 0 Å². The molecule has 0 bridgehead atoms. The summed E-state index contributed by atoms with van der Waals surface area (Å²) < 4.78 is 1.37. The predicted octanol–water partition coefficient (Wildman–Crippen LogP) is 5.62. The second-order valence-electron chi connectivity index (χ2n) is 5.71. The van der Waals surface area contributed by atoms with Gasteiger partial charge in [-0.2, -0.15) is 0 Å². The van der Waals surface area contributed by atoms with Crippen LogP contribution in [0.1, 0.15) is 41.9 Å². The summed E-state index contributed by atoms with van der Waals surface area (Å²) in [5.74, 6) is 0. The lowest BCUT2D eigenvalue weighted by atomic mass is 10.0. The quantitative estimate of drug-likeness (QED) is 0.658. The molecule has 1 N–H and O–H groups in total. The lowest BCUT2D eigenvalue weighted by molar-refractivity contribution is 0.500. The summed E-state index contributed by atoms with van der Waals surface area (Å²) in [5, 5.41) is 5.05. The highest BCUT2D eigenvalue weighted by molar-refractivity contribution is 7.19. The highest BCUT2D eigenvalue weighted by Crippen LogP contribution is 2.30. The van der Waals surface area contributed by atoms with E-state index in [2.05, 4.69) is 80.7 Å². The summed E-state index contributed by atoms with van der Waals surface area (Å²) in [6.07, 6.45) is 0. The Kier molecular flexibility index (Phi) is 4.09. The summed E-state index contributed by atoms with van der Waals surface area (Å²) in [6, 6.07) is 20.3. The van der Waals surface area contributed by atoms with Crippen LogP contribution in [0.4, 0.5) is 0 Å². The minimum absolute atomic E-state index is 0.352. The minimum atomic E-state index is 0.352. The van der Waals surface area contributed by atoms with Crippen LogP contribution in [-0.2, 0) is 0 Å². The molecule has 2 aromatic carbocycles. The van der Waals surface area contributed by atoms with Crippen LogP contribution in [0, 0.1) is 6.92 Å². The molecule has 0 fully saturated rings. The summed E-state index contributed by atoms with van der Waals surface area (Å²) in [7, 11) is 0. The summed E-state index contributed by atoms with van der Waals surface area (Å²) in [6.45, 7) is 6.63. The van der Waals surface area contributed by atoms with Gasteiger partial charge in [-0.05, 0) is 43.9 Å². The van der Waals surface area contributed by atoms with Crippen LogP contribution in [0.2, 0.25) is 0 Å². The molecule has 0 saturated carbocycles. The van der Waals surface area contributed by atoms with Gasteiger partial charge in [-0.15, -0.1) is 11.3 Å². The first-order valence-electron chi connectivity index (χ1n) is 7.44. The Labute approximate surface area is 130 Å². The van der Waals surface area contributed by atoms with Crippen molar-refractivity contribution in [1.82, 2.24) is 5.32 Å². The fraction of sp³-hybridized carbons (Fsp3) is 0.263. The molecule has 0 radical (unpaired) electrons. The van der Waals surface area contributed by atoms with E-state index in [1.807, 2.05) is 11.3 Å². The number of hydrogen-bond donors (Lipinski definition) is 1. The van der Waals surface area contributed by atoms with Gasteiger partial charge in [-0.1, -0.05) is 48.0 Å². The summed E-state index contributed by atoms with van der Waals surface area (Å²) >= 11 is 1.88. The van der Waals surface area contributed by atoms with Gasteiger partial charge < -0.3 is 5.32 Å². The Morgan fingerprint density at radius 2 is 1.71 bits per heavy atom. The minimum Gasteiger partial charge on any atom is -0.303 e. The maximum absolute atomic E-state index is 3.71. The van der Waals surface area contributed by atoms with E-state index >= 15 is 0 Å². The number of benzene rings is 2. The second kappa shape index (κ2) is 6.00. The molecule has 0 aliphatic carbocycles. The fourth-order valence-electron chi connectivity index (χ4n) is 2.71. The van der Waals surface area contributed by atoms with Gasteiger partial charge in [0.05, 0.1) is 0 Å². The van der Waals surface area contributed by atoms with Crippen LogP contribution in [0.25, 0.3) is 10.1 Å². The van der Waals surface area contributed by atoms with E-state index in [1.165, 1.54) is 26.1 Å². The molecule has 3 rings (SSSR count). The van der Waals surface area contributed by atoms with E-state index in [1.54, 1.807) is 0 Å². The lowest BCUT2D eigenvalue weighted by Crippen LogP contribution is -2.21. The van der Waals surface area contributed by atoms with Crippen LogP contribution in [0.5, 0.6) is 0 Å². The molecule has 1 aromatic heterocycles. The van der Waals surface area contributed by atoms with Crippen molar-refractivity contribution < 1.29 is 0 Å². The third-order valence-corrected chi connectivity index (χ3v) is 5.21. The highest BCUT2D eigenvalue weighted by atomic mass is 32.1. The lowest BCUT2D eigenvalue weighted by Gasteiger charge is -2.19. The molecule has 0 saturated heterocycles. The first-order chi connectivity index (χ1) is 10.1. The zero-order chi connectivity index (χ0) is 14.8. The summed E-state index contributed by atoms with van der Waals surface area (Å²) in [5.41, 5.74) is 2.67. The molecule has 1 unspecified atom stereocenters. The third kappa shape index (κ3) is 3.17. The van der Waals surface area contributed by atoms with Gasteiger partial charge in [0.15, 0.2) is 0 Å². The number of rotatable bonds is 4. The van der Waals surface area contributed by atoms with E-state index in [4.69, 9.17) is 0 Å². The Bertz CT molecular complexity index is 711. The largest absolute Gasteiger partial charge is 0.303 e. The van der Waals surface area contributed by atoms with Crippen LogP contribution >= 0.6 is 11.3 Å². The van der Waals surface area contributed by atoms with E-state index in [-0.39, 0.29) is 0 Å². The molecule has 1 nitrogen and oxygen atoms in total. The predicted molar refractivity (Wildman–Crippen MR) is 93.0 cm³/mol. The molecule has 0 aliphatic heterocycles. The smallest absolute Gasteiger partial charge is 0.0391 e. The average Bonchev–Trinajstić information content (AvgIpc) is 2.91. The van der Waals surface area contributed by atoms with Crippen molar-refractivity contribution >= 4 is 21.4 Å². The Hall–Kier alpha value is -1.64. The van der Waals surface area contributed by atoms with Gasteiger partial charge in [-0.25, -0.2) is 0 Å². The molecule has 3 aromatic rings. The molecule has 0 amide bonds. The number of nitrogens with one attached hydrogen (secondary N) is 1. The Morgan fingerprint density at radius 1 is 0.905 bits per heavy atom. The number of aryl methyl sites for hydroxylation is 1.